The van der Waals surface area contributed by atoms with E-state index in [0.29, 0.717) is 43.9 Å². The van der Waals surface area contributed by atoms with Crippen molar-refractivity contribution in [3.63, 3.8) is 0 Å². The molecule has 182 valence electrons. The molecule has 1 aliphatic rings. The zero-order valence-electron chi connectivity index (χ0n) is 20.2. The summed E-state index contributed by atoms with van der Waals surface area (Å²) >= 11 is 0. The van der Waals surface area contributed by atoms with E-state index < -0.39 is 0 Å². The number of methoxy groups -OCH3 is 1. The first-order valence-corrected chi connectivity index (χ1v) is 12.0. The molecular weight excluding hydrogens is 442 g/mol. The number of hydrogen-bond acceptors (Lipinski definition) is 5. The predicted molar refractivity (Wildman–Crippen MR) is 134 cm³/mol. The van der Waals surface area contributed by atoms with Crippen LogP contribution < -0.4 is 9.47 Å². The number of amides is 1. The second-order valence-electron chi connectivity index (χ2n) is 8.52. The van der Waals surface area contributed by atoms with E-state index in [2.05, 4.69) is 12.1 Å². The van der Waals surface area contributed by atoms with Gasteiger partial charge in [0.2, 0.25) is 0 Å². The Morgan fingerprint density at radius 2 is 1.60 bits per heavy atom. The Hall–Kier alpha value is -3.80. The summed E-state index contributed by atoms with van der Waals surface area (Å²) in [4.78, 5) is 26.9. The molecule has 3 aromatic rings. The van der Waals surface area contributed by atoms with E-state index in [9.17, 15) is 9.59 Å². The largest absolute Gasteiger partial charge is 0.496 e. The van der Waals surface area contributed by atoms with E-state index in [0.717, 1.165) is 22.4 Å². The Balaban J connectivity index is 1.40. The zero-order valence-corrected chi connectivity index (χ0v) is 20.2. The average molecular weight is 474 g/mol. The SMILES string of the molecule is CCOC(=O)C1CCN(C(=O)c2ccc(OC)c(COc3ccc(-c4ccccc4)cc3)c2)CC1. The number of benzene rings is 3. The Bertz CT molecular complexity index is 1140. The first-order chi connectivity index (χ1) is 17.1. The molecule has 1 aliphatic heterocycles. The van der Waals surface area contributed by atoms with Crippen LogP contribution in [0, 0.1) is 5.92 Å². The Labute approximate surface area is 206 Å². The minimum Gasteiger partial charge on any atom is -0.496 e. The molecule has 0 spiro atoms. The molecule has 1 fully saturated rings. The molecule has 0 atom stereocenters. The number of hydrogen-bond donors (Lipinski definition) is 0. The third-order valence-electron chi connectivity index (χ3n) is 6.29. The minimum absolute atomic E-state index is 0.0524. The second kappa shape index (κ2) is 11.6. The van der Waals surface area contributed by atoms with Crippen LogP contribution in [0.4, 0.5) is 0 Å². The van der Waals surface area contributed by atoms with Gasteiger partial charge in [0.1, 0.15) is 18.1 Å². The van der Waals surface area contributed by atoms with Crippen LogP contribution in [0.5, 0.6) is 11.5 Å². The molecule has 0 bridgehead atoms. The molecule has 0 aliphatic carbocycles. The number of likely N-dealkylation sites (tertiary alicyclic amines) is 1. The monoisotopic (exact) mass is 473 g/mol. The van der Waals surface area contributed by atoms with Crippen molar-refractivity contribution in [2.24, 2.45) is 5.92 Å². The lowest BCUT2D eigenvalue weighted by molar-refractivity contribution is -0.149. The van der Waals surface area contributed by atoms with Crippen molar-refractivity contribution in [2.45, 2.75) is 26.4 Å². The maximum atomic E-state index is 13.1. The van der Waals surface area contributed by atoms with Crippen molar-refractivity contribution in [2.75, 3.05) is 26.8 Å². The summed E-state index contributed by atoms with van der Waals surface area (Å²) < 4.78 is 16.6. The van der Waals surface area contributed by atoms with Crippen LogP contribution in [0.2, 0.25) is 0 Å². The standard InChI is InChI=1S/C29H31NO5/c1-3-34-29(32)23-15-17-30(18-16-23)28(31)24-11-14-27(33-2)25(19-24)20-35-26-12-9-22(10-13-26)21-7-5-4-6-8-21/h4-14,19,23H,3,15-18,20H2,1-2H3. The highest BCUT2D eigenvalue weighted by atomic mass is 16.5. The smallest absolute Gasteiger partial charge is 0.309 e. The van der Waals surface area contributed by atoms with E-state index in [4.69, 9.17) is 14.2 Å². The van der Waals surface area contributed by atoms with Crippen molar-refractivity contribution in [3.8, 4) is 22.6 Å². The first kappa shape index (κ1) is 24.3. The molecular formula is C29H31NO5. The summed E-state index contributed by atoms with van der Waals surface area (Å²) in [5.74, 6) is 1.06. The summed E-state index contributed by atoms with van der Waals surface area (Å²) in [5.41, 5.74) is 3.65. The van der Waals surface area contributed by atoms with E-state index in [1.54, 1.807) is 31.1 Å². The van der Waals surface area contributed by atoms with Crippen molar-refractivity contribution < 1.29 is 23.8 Å². The molecule has 35 heavy (non-hydrogen) atoms. The van der Waals surface area contributed by atoms with Crippen LogP contribution in [0.1, 0.15) is 35.7 Å². The summed E-state index contributed by atoms with van der Waals surface area (Å²) in [6.45, 7) is 3.54. The third-order valence-corrected chi connectivity index (χ3v) is 6.29. The summed E-state index contributed by atoms with van der Waals surface area (Å²) in [5, 5.41) is 0. The highest BCUT2D eigenvalue weighted by Crippen LogP contribution is 2.26. The van der Waals surface area contributed by atoms with Crippen LogP contribution in [0.15, 0.2) is 72.8 Å². The quantitative estimate of drug-likeness (QED) is 0.412. The Morgan fingerprint density at radius 1 is 0.914 bits per heavy atom. The van der Waals surface area contributed by atoms with Gasteiger partial charge >= 0.3 is 5.97 Å². The fourth-order valence-electron chi connectivity index (χ4n) is 4.32. The lowest BCUT2D eigenvalue weighted by Crippen LogP contribution is -2.40. The Morgan fingerprint density at radius 3 is 2.26 bits per heavy atom. The van der Waals surface area contributed by atoms with Gasteiger partial charge in [-0.1, -0.05) is 42.5 Å². The second-order valence-corrected chi connectivity index (χ2v) is 8.52. The number of esters is 1. The number of rotatable bonds is 8. The van der Waals surface area contributed by atoms with Gasteiger partial charge < -0.3 is 19.1 Å². The van der Waals surface area contributed by atoms with Gasteiger partial charge in [0.15, 0.2) is 0 Å². The van der Waals surface area contributed by atoms with Crippen LogP contribution in [-0.2, 0) is 16.1 Å². The van der Waals surface area contributed by atoms with Gasteiger partial charge in [-0.15, -0.1) is 0 Å². The molecule has 4 rings (SSSR count). The molecule has 0 saturated carbocycles. The Kier molecular flexibility index (Phi) is 8.03. The van der Waals surface area contributed by atoms with Crippen molar-refractivity contribution >= 4 is 11.9 Å². The summed E-state index contributed by atoms with van der Waals surface area (Å²) in [7, 11) is 1.61. The molecule has 3 aromatic carbocycles. The molecule has 1 saturated heterocycles. The van der Waals surface area contributed by atoms with E-state index in [1.807, 2.05) is 48.5 Å². The summed E-state index contributed by atoms with van der Waals surface area (Å²) in [6.07, 6.45) is 1.24. The third kappa shape index (κ3) is 6.01. The van der Waals surface area contributed by atoms with Crippen LogP contribution in [0.3, 0.4) is 0 Å². The molecule has 6 nitrogen and oxygen atoms in total. The molecule has 1 amide bonds. The number of ether oxygens (including phenoxy) is 3. The molecule has 0 radical (unpaired) electrons. The average Bonchev–Trinajstić information content (AvgIpc) is 2.92. The van der Waals surface area contributed by atoms with E-state index in [-0.39, 0.29) is 24.4 Å². The fourth-order valence-corrected chi connectivity index (χ4v) is 4.32. The molecule has 0 N–H and O–H groups in total. The lowest BCUT2D eigenvalue weighted by Gasteiger charge is -2.31. The highest BCUT2D eigenvalue weighted by Gasteiger charge is 2.29. The fraction of sp³-hybridized carbons (Fsp3) is 0.310. The first-order valence-electron chi connectivity index (χ1n) is 12.0. The van der Waals surface area contributed by atoms with Crippen LogP contribution >= 0.6 is 0 Å². The number of carbonyl (C=O) groups excluding carboxylic acids is 2. The highest BCUT2D eigenvalue weighted by molar-refractivity contribution is 5.94. The van der Waals surface area contributed by atoms with Gasteiger partial charge in [-0.3, -0.25) is 9.59 Å². The van der Waals surface area contributed by atoms with Gasteiger partial charge in [0, 0.05) is 24.2 Å². The normalized spacial score (nSPS) is 13.8. The predicted octanol–water partition coefficient (Wildman–Crippen LogP) is 5.36. The molecule has 1 heterocycles. The molecule has 6 heteroatoms. The lowest BCUT2D eigenvalue weighted by atomic mass is 9.96. The van der Waals surface area contributed by atoms with Gasteiger partial charge in [-0.05, 0) is 61.2 Å². The van der Waals surface area contributed by atoms with Gasteiger partial charge in [-0.25, -0.2) is 0 Å². The number of piperidine rings is 1. The van der Waals surface area contributed by atoms with E-state index in [1.165, 1.54) is 0 Å². The number of carbonyl (C=O) groups is 2. The van der Waals surface area contributed by atoms with Gasteiger partial charge in [-0.2, -0.15) is 0 Å². The van der Waals surface area contributed by atoms with Crippen molar-refractivity contribution in [1.29, 1.82) is 0 Å². The number of nitrogens with zero attached hydrogens (tertiary/aromatic N) is 1. The minimum atomic E-state index is -0.166. The molecule has 0 aromatic heterocycles. The van der Waals surface area contributed by atoms with Crippen molar-refractivity contribution in [3.05, 3.63) is 83.9 Å². The topological polar surface area (TPSA) is 65.1 Å². The molecule has 0 unspecified atom stereocenters. The maximum Gasteiger partial charge on any atom is 0.309 e. The van der Waals surface area contributed by atoms with Gasteiger partial charge in [0.05, 0.1) is 19.6 Å². The van der Waals surface area contributed by atoms with Crippen LogP contribution in [-0.4, -0.2) is 43.6 Å². The van der Waals surface area contributed by atoms with Crippen molar-refractivity contribution in [1.82, 2.24) is 4.90 Å². The van der Waals surface area contributed by atoms with Crippen LogP contribution in [0.25, 0.3) is 11.1 Å². The zero-order chi connectivity index (χ0) is 24.6. The maximum absolute atomic E-state index is 13.1. The van der Waals surface area contributed by atoms with E-state index >= 15 is 0 Å². The summed E-state index contributed by atoms with van der Waals surface area (Å²) in [6, 6.07) is 23.5. The van der Waals surface area contributed by atoms with Gasteiger partial charge in [0.25, 0.3) is 5.91 Å².